The maximum atomic E-state index is 11.4. The molecule has 0 spiro atoms. The van der Waals surface area contributed by atoms with Gasteiger partial charge < -0.3 is 9.88 Å². The number of hydrogen-bond acceptors (Lipinski definition) is 3. The van der Waals surface area contributed by atoms with E-state index < -0.39 is 0 Å². The number of rotatable bonds is 2. The Hall–Kier alpha value is -1.88. The SMILES string of the molecule is CC(=O)N1CCCN(Cc2nc3ccccc3[nH]2)CC1. The number of fused-ring (bicyclic) bond motifs is 1. The van der Waals surface area contributed by atoms with Crippen LogP contribution < -0.4 is 0 Å². The molecule has 1 saturated heterocycles. The van der Waals surface area contributed by atoms with Crippen LogP contribution in [-0.4, -0.2) is 51.9 Å². The summed E-state index contributed by atoms with van der Waals surface area (Å²) in [6, 6.07) is 8.09. The van der Waals surface area contributed by atoms with E-state index in [0.29, 0.717) is 0 Å². The van der Waals surface area contributed by atoms with Gasteiger partial charge in [-0.1, -0.05) is 12.1 Å². The van der Waals surface area contributed by atoms with Crippen molar-refractivity contribution in [3.05, 3.63) is 30.1 Å². The third kappa shape index (κ3) is 2.82. The van der Waals surface area contributed by atoms with Gasteiger partial charge in [0.2, 0.25) is 5.91 Å². The number of amides is 1. The third-order valence-electron chi connectivity index (χ3n) is 3.85. The molecule has 5 nitrogen and oxygen atoms in total. The van der Waals surface area contributed by atoms with Crippen molar-refractivity contribution in [2.24, 2.45) is 0 Å². The number of carbonyl (C=O) groups is 1. The van der Waals surface area contributed by atoms with Gasteiger partial charge in [-0.3, -0.25) is 9.69 Å². The topological polar surface area (TPSA) is 52.2 Å². The van der Waals surface area contributed by atoms with Gasteiger partial charge in [-0.15, -0.1) is 0 Å². The minimum Gasteiger partial charge on any atom is -0.342 e. The van der Waals surface area contributed by atoms with Crippen LogP contribution in [0.3, 0.4) is 0 Å². The number of imidazole rings is 1. The number of para-hydroxylation sites is 2. The predicted octanol–water partition coefficient (Wildman–Crippen LogP) is 1.62. The van der Waals surface area contributed by atoms with Crippen molar-refractivity contribution in [2.75, 3.05) is 26.2 Å². The minimum absolute atomic E-state index is 0.176. The number of hydrogen-bond donors (Lipinski definition) is 1. The highest BCUT2D eigenvalue weighted by Crippen LogP contribution is 2.13. The van der Waals surface area contributed by atoms with E-state index in [9.17, 15) is 4.79 Å². The Kier molecular flexibility index (Phi) is 3.69. The van der Waals surface area contributed by atoms with Gasteiger partial charge in [0, 0.05) is 33.1 Å². The standard InChI is InChI=1S/C15H20N4O/c1-12(20)19-8-4-7-18(9-10-19)11-15-16-13-5-2-3-6-14(13)17-15/h2-3,5-6H,4,7-11H2,1H3,(H,16,17). The normalized spacial score (nSPS) is 17.4. The van der Waals surface area contributed by atoms with Crippen LogP contribution in [0.1, 0.15) is 19.2 Å². The highest BCUT2D eigenvalue weighted by molar-refractivity contribution is 5.74. The molecule has 0 saturated carbocycles. The first-order valence-electron chi connectivity index (χ1n) is 7.14. The van der Waals surface area contributed by atoms with Crippen molar-refractivity contribution in [1.82, 2.24) is 19.8 Å². The van der Waals surface area contributed by atoms with E-state index >= 15 is 0 Å². The van der Waals surface area contributed by atoms with Crippen LogP contribution in [0.2, 0.25) is 0 Å². The number of aromatic nitrogens is 2. The van der Waals surface area contributed by atoms with Crippen molar-refractivity contribution in [2.45, 2.75) is 19.9 Å². The summed E-state index contributed by atoms with van der Waals surface area (Å²) in [5.41, 5.74) is 2.10. The number of benzene rings is 1. The molecule has 2 aromatic rings. The van der Waals surface area contributed by atoms with Gasteiger partial charge in [-0.05, 0) is 18.6 Å². The number of nitrogens with one attached hydrogen (secondary N) is 1. The molecule has 1 fully saturated rings. The summed E-state index contributed by atoms with van der Waals surface area (Å²) in [5.74, 6) is 1.18. The summed E-state index contributed by atoms with van der Waals surface area (Å²) in [6.45, 7) is 6.08. The zero-order valence-electron chi connectivity index (χ0n) is 11.8. The van der Waals surface area contributed by atoms with E-state index in [0.717, 1.165) is 56.0 Å². The molecular formula is C15H20N4O. The molecule has 2 heterocycles. The second-order valence-electron chi connectivity index (χ2n) is 5.34. The first-order valence-corrected chi connectivity index (χ1v) is 7.14. The maximum absolute atomic E-state index is 11.4. The van der Waals surface area contributed by atoms with Crippen molar-refractivity contribution >= 4 is 16.9 Å². The van der Waals surface area contributed by atoms with Crippen molar-refractivity contribution < 1.29 is 4.79 Å². The van der Waals surface area contributed by atoms with Crippen LogP contribution in [-0.2, 0) is 11.3 Å². The lowest BCUT2D eigenvalue weighted by molar-refractivity contribution is -0.128. The highest BCUT2D eigenvalue weighted by Gasteiger charge is 2.17. The molecule has 1 amide bonds. The van der Waals surface area contributed by atoms with Crippen molar-refractivity contribution in [3.8, 4) is 0 Å². The lowest BCUT2D eigenvalue weighted by Gasteiger charge is -2.20. The van der Waals surface area contributed by atoms with E-state index in [1.165, 1.54) is 0 Å². The Morgan fingerprint density at radius 1 is 1.25 bits per heavy atom. The lowest BCUT2D eigenvalue weighted by Crippen LogP contribution is -2.33. The zero-order chi connectivity index (χ0) is 13.9. The fourth-order valence-corrected chi connectivity index (χ4v) is 2.74. The number of carbonyl (C=O) groups excluding carboxylic acids is 1. The van der Waals surface area contributed by atoms with Gasteiger partial charge in [0.05, 0.1) is 17.6 Å². The fraction of sp³-hybridized carbons (Fsp3) is 0.467. The fourth-order valence-electron chi connectivity index (χ4n) is 2.74. The molecule has 20 heavy (non-hydrogen) atoms. The molecule has 0 unspecified atom stereocenters. The van der Waals surface area contributed by atoms with E-state index in [2.05, 4.69) is 14.9 Å². The van der Waals surface area contributed by atoms with E-state index in [1.54, 1.807) is 6.92 Å². The second kappa shape index (κ2) is 5.63. The Balaban J connectivity index is 1.66. The lowest BCUT2D eigenvalue weighted by atomic mass is 10.3. The summed E-state index contributed by atoms with van der Waals surface area (Å²) in [5, 5.41) is 0. The smallest absolute Gasteiger partial charge is 0.219 e. The first-order chi connectivity index (χ1) is 9.72. The Morgan fingerprint density at radius 3 is 2.90 bits per heavy atom. The molecule has 1 aliphatic rings. The highest BCUT2D eigenvalue weighted by atomic mass is 16.2. The maximum Gasteiger partial charge on any atom is 0.219 e. The van der Waals surface area contributed by atoms with Gasteiger partial charge in [0.1, 0.15) is 5.82 Å². The van der Waals surface area contributed by atoms with E-state index in [4.69, 9.17) is 0 Å². The van der Waals surface area contributed by atoms with E-state index in [1.807, 2.05) is 29.2 Å². The summed E-state index contributed by atoms with van der Waals surface area (Å²) in [7, 11) is 0. The van der Waals surface area contributed by atoms with E-state index in [-0.39, 0.29) is 5.91 Å². The average molecular weight is 272 g/mol. The van der Waals surface area contributed by atoms with Gasteiger partial charge in [0.25, 0.3) is 0 Å². The molecule has 0 aliphatic carbocycles. The predicted molar refractivity (Wildman–Crippen MR) is 78.2 cm³/mol. The van der Waals surface area contributed by atoms with Crippen molar-refractivity contribution in [3.63, 3.8) is 0 Å². The molecule has 0 radical (unpaired) electrons. The average Bonchev–Trinajstić information content (AvgIpc) is 2.68. The summed E-state index contributed by atoms with van der Waals surface area (Å²) < 4.78 is 0. The van der Waals surface area contributed by atoms with Crippen LogP contribution in [0.15, 0.2) is 24.3 Å². The molecule has 0 atom stereocenters. The van der Waals surface area contributed by atoms with Crippen LogP contribution >= 0.6 is 0 Å². The Bertz CT molecular complexity index is 574. The van der Waals surface area contributed by atoms with Gasteiger partial charge in [-0.2, -0.15) is 0 Å². The first kappa shape index (κ1) is 13.1. The number of H-pyrrole nitrogens is 1. The van der Waals surface area contributed by atoms with Crippen molar-refractivity contribution in [1.29, 1.82) is 0 Å². The molecule has 1 aromatic heterocycles. The second-order valence-corrected chi connectivity index (χ2v) is 5.34. The summed E-state index contributed by atoms with van der Waals surface area (Å²) in [4.78, 5) is 23.7. The van der Waals surface area contributed by atoms with Crippen LogP contribution in [0, 0.1) is 0 Å². The summed E-state index contributed by atoms with van der Waals surface area (Å²) in [6.07, 6.45) is 1.03. The monoisotopic (exact) mass is 272 g/mol. The molecule has 106 valence electrons. The minimum atomic E-state index is 0.176. The Morgan fingerprint density at radius 2 is 2.10 bits per heavy atom. The summed E-state index contributed by atoms with van der Waals surface area (Å²) >= 11 is 0. The zero-order valence-corrected chi connectivity index (χ0v) is 11.8. The van der Waals surface area contributed by atoms with Crippen LogP contribution in [0.5, 0.6) is 0 Å². The number of aromatic amines is 1. The largest absolute Gasteiger partial charge is 0.342 e. The molecule has 0 bridgehead atoms. The molecule has 1 aliphatic heterocycles. The molecular weight excluding hydrogens is 252 g/mol. The molecule has 3 rings (SSSR count). The molecule has 5 heteroatoms. The number of nitrogens with zero attached hydrogens (tertiary/aromatic N) is 3. The van der Waals surface area contributed by atoms with Crippen LogP contribution in [0.4, 0.5) is 0 Å². The molecule has 1 aromatic carbocycles. The van der Waals surface area contributed by atoms with Gasteiger partial charge in [-0.25, -0.2) is 4.98 Å². The van der Waals surface area contributed by atoms with Gasteiger partial charge in [0.15, 0.2) is 0 Å². The Labute approximate surface area is 118 Å². The molecule has 1 N–H and O–H groups in total. The third-order valence-corrected chi connectivity index (χ3v) is 3.85. The van der Waals surface area contributed by atoms with Gasteiger partial charge >= 0.3 is 0 Å². The quantitative estimate of drug-likeness (QED) is 0.904. The van der Waals surface area contributed by atoms with Crippen LogP contribution in [0.25, 0.3) is 11.0 Å².